The Bertz CT molecular complexity index is 576. The zero-order chi connectivity index (χ0) is 14.7. The number of anilines is 1. The average Bonchev–Trinajstić information content (AvgIpc) is 2.39. The molecule has 1 aromatic heterocycles. The van der Waals surface area contributed by atoms with Crippen molar-refractivity contribution in [1.82, 2.24) is 4.98 Å². The molecule has 0 fully saturated rings. The fourth-order valence-corrected chi connectivity index (χ4v) is 2.66. The molecule has 1 unspecified atom stereocenters. The Morgan fingerprint density at radius 2 is 1.90 bits per heavy atom. The lowest BCUT2D eigenvalue weighted by Gasteiger charge is -2.21. The van der Waals surface area contributed by atoms with E-state index in [4.69, 9.17) is 23.2 Å². The smallest absolute Gasteiger partial charge is 0.154 e. The lowest BCUT2D eigenvalue weighted by molar-refractivity contribution is 0.475. The SMILES string of the molecule is CCC(Nc1c(C)cc(Cl)nc1Cl)c1ccc(O)cc1. The van der Waals surface area contributed by atoms with E-state index in [1.165, 1.54) is 0 Å². The van der Waals surface area contributed by atoms with Crippen molar-refractivity contribution in [2.45, 2.75) is 26.3 Å². The van der Waals surface area contributed by atoms with E-state index in [-0.39, 0.29) is 11.8 Å². The molecular formula is C15H16Cl2N2O. The Balaban J connectivity index is 2.29. The lowest BCUT2D eigenvalue weighted by atomic mass is 10.0. The van der Waals surface area contributed by atoms with E-state index in [2.05, 4.69) is 17.2 Å². The van der Waals surface area contributed by atoms with E-state index in [1.54, 1.807) is 18.2 Å². The molecule has 0 bridgehead atoms. The fourth-order valence-electron chi connectivity index (χ4n) is 2.07. The zero-order valence-electron chi connectivity index (χ0n) is 11.3. The van der Waals surface area contributed by atoms with E-state index < -0.39 is 0 Å². The van der Waals surface area contributed by atoms with Gasteiger partial charge in [0.2, 0.25) is 0 Å². The number of aromatic hydroxyl groups is 1. The lowest BCUT2D eigenvalue weighted by Crippen LogP contribution is -2.11. The summed E-state index contributed by atoms with van der Waals surface area (Å²) in [6.07, 6.45) is 0.878. The first-order chi connectivity index (χ1) is 9.51. The molecule has 106 valence electrons. The Kier molecular flexibility index (Phi) is 4.73. The molecule has 20 heavy (non-hydrogen) atoms. The van der Waals surface area contributed by atoms with Gasteiger partial charge in [-0.1, -0.05) is 42.3 Å². The molecule has 1 aromatic carbocycles. The van der Waals surface area contributed by atoms with Crippen LogP contribution < -0.4 is 5.32 Å². The van der Waals surface area contributed by atoms with E-state index in [0.29, 0.717) is 10.3 Å². The number of phenols is 1. The number of aryl methyl sites for hydroxylation is 1. The summed E-state index contributed by atoms with van der Waals surface area (Å²) in [5, 5.41) is 13.5. The number of hydrogen-bond donors (Lipinski definition) is 2. The van der Waals surface area contributed by atoms with Crippen molar-refractivity contribution in [2.75, 3.05) is 5.32 Å². The molecule has 0 amide bonds. The third kappa shape index (κ3) is 3.35. The van der Waals surface area contributed by atoms with E-state index in [0.717, 1.165) is 23.2 Å². The topological polar surface area (TPSA) is 45.2 Å². The molecule has 0 spiro atoms. The number of rotatable bonds is 4. The van der Waals surface area contributed by atoms with Gasteiger partial charge in [-0.05, 0) is 42.7 Å². The summed E-state index contributed by atoms with van der Waals surface area (Å²) < 4.78 is 0. The molecule has 0 aliphatic carbocycles. The van der Waals surface area contributed by atoms with Crippen LogP contribution in [0.5, 0.6) is 5.75 Å². The van der Waals surface area contributed by atoms with Crippen LogP contribution in [0, 0.1) is 6.92 Å². The Morgan fingerprint density at radius 1 is 1.25 bits per heavy atom. The van der Waals surface area contributed by atoms with Crippen molar-refractivity contribution in [3.8, 4) is 5.75 Å². The van der Waals surface area contributed by atoms with E-state index in [9.17, 15) is 5.11 Å². The molecule has 0 aliphatic heterocycles. The van der Waals surface area contributed by atoms with Gasteiger partial charge < -0.3 is 10.4 Å². The van der Waals surface area contributed by atoms with Crippen molar-refractivity contribution in [1.29, 1.82) is 0 Å². The van der Waals surface area contributed by atoms with E-state index >= 15 is 0 Å². The molecule has 0 saturated carbocycles. The van der Waals surface area contributed by atoms with Crippen molar-refractivity contribution in [3.05, 3.63) is 51.8 Å². The van der Waals surface area contributed by atoms with Gasteiger partial charge in [0.25, 0.3) is 0 Å². The number of halogens is 2. The Labute approximate surface area is 128 Å². The first kappa shape index (κ1) is 14.9. The van der Waals surface area contributed by atoms with Crippen molar-refractivity contribution < 1.29 is 5.11 Å². The molecule has 2 N–H and O–H groups in total. The standard InChI is InChI=1S/C15H16Cl2N2O/c1-3-12(10-4-6-11(20)7-5-10)18-14-9(2)8-13(16)19-15(14)17/h4-8,12,18,20H,3H2,1-2H3. The van der Waals surface area contributed by atoms with Crippen LogP contribution in [0.2, 0.25) is 10.3 Å². The highest BCUT2D eigenvalue weighted by atomic mass is 35.5. The second-order valence-electron chi connectivity index (χ2n) is 4.62. The number of aromatic nitrogens is 1. The Morgan fingerprint density at radius 3 is 2.45 bits per heavy atom. The van der Waals surface area contributed by atoms with Gasteiger partial charge in [0.15, 0.2) is 5.15 Å². The summed E-state index contributed by atoms with van der Waals surface area (Å²) in [7, 11) is 0. The average molecular weight is 311 g/mol. The molecule has 2 rings (SSSR count). The molecule has 0 radical (unpaired) electrons. The first-order valence-corrected chi connectivity index (χ1v) is 7.15. The summed E-state index contributed by atoms with van der Waals surface area (Å²) >= 11 is 12.0. The third-order valence-corrected chi connectivity index (χ3v) is 3.63. The second-order valence-corrected chi connectivity index (χ2v) is 5.37. The first-order valence-electron chi connectivity index (χ1n) is 6.39. The predicted octanol–water partition coefficient (Wildman–Crippen LogP) is 4.97. The minimum atomic E-state index is 0.0924. The number of nitrogens with zero attached hydrogens (tertiary/aromatic N) is 1. The van der Waals surface area contributed by atoms with Gasteiger partial charge >= 0.3 is 0 Å². The van der Waals surface area contributed by atoms with Gasteiger partial charge in [0, 0.05) is 0 Å². The maximum atomic E-state index is 9.35. The molecule has 3 nitrogen and oxygen atoms in total. The number of pyridine rings is 1. The predicted molar refractivity (Wildman–Crippen MR) is 83.8 cm³/mol. The highest BCUT2D eigenvalue weighted by molar-refractivity contribution is 6.34. The van der Waals surface area contributed by atoms with Gasteiger partial charge in [0.1, 0.15) is 10.9 Å². The molecule has 0 saturated heterocycles. The largest absolute Gasteiger partial charge is 0.508 e. The van der Waals surface area contributed by atoms with Crippen molar-refractivity contribution in [2.24, 2.45) is 0 Å². The van der Waals surface area contributed by atoms with Gasteiger partial charge in [-0.25, -0.2) is 4.98 Å². The molecular weight excluding hydrogens is 295 g/mol. The highest BCUT2D eigenvalue weighted by Gasteiger charge is 2.14. The summed E-state index contributed by atoms with van der Waals surface area (Å²) in [5.41, 5.74) is 2.82. The molecule has 2 aromatic rings. The fraction of sp³-hybridized carbons (Fsp3) is 0.267. The monoisotopic (exact) mass is 310 g/mol. The number of benzene rings is 1. The van der Waals surface area contributed by atoms with Crippen molar-refractivity contribution in [3.63, 3.8) is 0 Å². The van der Waals surface area contributed by atoms with Crippen LogP contribution in [0.3, 0.4) is 0 Å². The minimum Gasteiger partial charge on any atom is -0.508 e. The minimum absolute atomic E-state index is 0.0924. The summed E-state index contributed by atoms with van der Waals surface area (Å²) in [6, 6.07) is 9.00. The van der Waals surface area contributed by atoms with Crippen LogP contribution in [0.4, 0.5) is 5.69 Å². The van der Waals surface area contributed by atoms with Crippen LogP contribution in [0.25, 0.3) is 0 Å². The maximum Gasteiger partial charge on any atom is 0.154 e. The second kappa shape index (κ2) is 6.33. The zero-order valence-corrected chi connectivity index (χ0v) is 12.8. The van der Waals surface area contributed by atoms with Gasteiger partial charge in [0.05, 0.1) is 11.7 Å². The summed E-state index contributed by atoms with van der Waals surface area (Å²) in [4.78, 5) is 4.06. The molecule has 0 aliphatic rings. The van der Waals surface area contributed by atoms with E-state index in [1.807, 2.05) is 19.1 Å². The normalized spacial score (nSPS) is 12.2. The number of phenolic OH excluding ortho intramolecular Hbond substituents is 1. The molecule has 5 heteroatoms. The maximum absolute atomic E-state index is 9.35. The third-order valence-electron chi connectivity index (χ3n) is 3.16. The Hall–Kier alpha value is -1.45. The van der Waals surface area contributed by atoms with Crippen LogP contribution in [-0.2, 0) is 0 Å². The molecule has 1 atom stereocenters. The highest BCUT2D eigenvalue weighted by Crippen LogP contribution is 2.31. The van der Waals surface area contributed by atoms with Crippen LogP contribution in [0.1, 0.15) is 30.5 Å². The molecule has 1 heterocycles. The quantitative estimate of drug-likeness (QED) is 0.784. The number of hydrogen-bond acceptors (Lipinski definition) is 3. The van der Waals surface area contributed by atoms with Crippen LogP contribution in [-0.4, -0.2) is 10.1 Å². The number of nitrogens with one attached hydrogen (secondary N) is 1. The summed E-state index contributed by atoms with van der Waals surface area (Å²) in [6.45, 7) is 4.02. The van der Waals surface area contributed by atoms with Gasteiger partial charge in [-0.15, -0.1) is 0 Å². The van der Waals surface area contributed by atoms with Crippen LogP contribution >= 0.6 is 23.2 Å². The van der Waals surface area contributed by atoms with Crippen LogP contribution in [0.15, 0.2) is 30.3 Å². The summed E-state index contributed by atoms with van der Waals surface area (Å²) in [5.74, 6) is 0.256. The van der Waals surface area contributed by atoms with Crippen molar-refractivity contribution >= 4 is 28.9 Å². The van der Waals surface area contributed by atoms with Gasteiger partial charge in [-0.2, -0.15) is 0 Å². The van der Waals surface area contributed by atoms with Gasteiger partial charge in [-0.3, -0.25) is 0 Å².